The fraction of sp³-hybridized carbons (Fsp3) is 0.0588. The number of ketones is 1. The Morgan fingerprint density at radius 1 is 0.900 bits per heavy atom. The number of carbonyl (C=O) groups excluding carboxylic acids is 2. The van der Waals surface area contributed by atoms with Gasteiger partial charge in [0.2, 0.25) is 5.91 Å². The number of benzene rings is 2. The average molecular weight is 265 g/mol. The van der Waals surface area contributed by atoms with Gasteiger partial charge in [-0.2, -0.15) is 0 Å². The molecule has 2 aromatic carbocycles. The Bertz CT molecular complexity index is 645. The largest absolute Gasteiger partial charge is 0.322 e. The van der Waals surface area contributed by atoms with Gasteiger partial charge in [0.15, 0.2) is 5.78 Å². The molecule has 2 aromatic rings. The third-order valence-electron chi connectivity index (χ3n) is 2.85. The van der Waals surface area contributed by atoms with Gasteiger partial charge in [-0.15, -0.1) is 0 Å². The monoisotopic (exact) mass is 265 g/mol. The average Bonchev–Trinajstić information content (AvgIpc) is 2.48. The number of carbonyl (C=O) groups is 2. The van der Waals surface area contributed by atoms with Gasteiger partial charge in [0, 0.05) is 17.3 Å². The zero-order valence-corrected chi connectivity index (χ0v) is 11.2. The van der Waals surface area contributed by atoms with Gasteiger partial charge in [0.25, 0.3) is 0 Å². The quantitative estimate of drug-likeness (QED) is 0.680. The highest BCUT2D eigenvalue weighted by Gasteiger charge is 2.03. The summed E-state index contributed by atoms with van der Waals surface area (Å²) in [5.41, 5.74) is 2.28. The first kappa shape index (κ1) is 13.7. The summed E-state index contributed by atoms with van der Waals surface area (Å²) >= 11 is 0. The van der Waals surface area contributed by atoms with E-state index >= 15 is 0 Å². The van der Waals surface area contributed by atoms with Crippen LogP contribution >= 0.6 is 0 Å². The normalized spacial score (nSPS) is 10.4. The molecule has 0 bridgehead atoms. The van der Waals surface area contributed by atoms with Gasteiger partial charge in [-0.25, -0.2) is 0 Å². The van der Waals surface area contributed by atoms with Crippen LogP contribution in [0, 0.1) is 6.92 Å². The highest BCUT2D eigenvalue weighted by atomic mass is 16.1. The van der Waals surface area contributed by atoms with Crippen molar-refractivity contribution < 1.29 is 9.59 Å². The Hall–Kier alpha value is -2.68. The minimum absolute atomic E-state index is 0.189. The summed E-state index contributed by atoms with van der Waals surface area (Å²) in [6.45, 7) is 1.91. The van der Waals surface area contributed by atoms with Crippen LogP contribution in [-0.4, -0.2) is 11.7 Å². The first-order valence-corrected chi connectivity index (χ1v) is 6.31. The molecular weight excluding hydrogens is 250 g/mol. The zero-order chi connectivity index (χ0) is 14.4. The molecule has 2 rings (SSSR count). The zero-order valence-electron chi connectivity index (χ0n) is 11.2. The molecule has 0 heterocycles. The summed E-state index contributed by atoms with van der Waals surface area (Å²) in [7, 11) is 0. The van der Waals surface area contributed by atoms with E-state index in [1.807, 2.05) is 37.3 Å². The van der Waals surface area contributed by atoms with Crippen LogP contribution in [0.5, 0.6) is 0 Å². The van der Waals surface area contributed by atoms with Crippen molar-refractivity contribution in [3.05, 3.63) is 77.9 Å². The number of rotatable bonds is 4. The van der Waals surface area contributed by atoms with Gasteiger partial charge in [-0.3, -0.25) is 9.59 Å². The molecule has 0 saturated carbocycles. The van der Waals surface area contributed by atoms with Crippen LogP contribution in [0.3, 0.4) is 0 Å². The van der Waals surface area contributed by atoms with E-state index < -0.39 is 0 Å². The molecule has 0 fully saturated rings. The van der Waals surface area contributed by atoms with Crippen molar-refractivity contribution in [1.82, 2.24) is 0 Å². The number of amides is 1. The number of allylic oxidation sites excluding steroid dienone is 1. The van der Waals surface area contributed by atoms with Gasteiger partial charge in [0.05, 0.1) is 0 Å². The number of aryl methyl sites for hydroxylation is 1. The second kappa shape index (κ2) is 6.48. The number of anilines is 1. The fourth-order valence-electron chi connectivity index (χ4n) is 1.74. The summed E-state index contributed by atoms with van der Waals surface area (Å²) in [5.74, 6) is -0.505. The number of para-hydroxylation sites is 1. The predicted octanol–water partition coefficient (Wildman–Crippen LogP) is 3.37. The Balaban J connectivity index is 2.00. The van der Waals surface area contributed by atoms with Crippen molar-refractivity contribution in [3.8, 4) is 0 Å². The van der Waals surface area contributed by atoms with Crippen molar-refractivity contribution >= 4 is 17.4 Å². The van der Waals surface area contributed by atoms with E-state index in [-0.39, 0.29) is 11.7 Å². The Morgan fingerprint density at radius 3 is 2.25 bits per heavy atom. The van der Waals surface area contributed by atoms with Crippen LogP contribution in [0.4, 0.5) is 5.69 Å². The molecule has 20 heavy (non-hydrogen) atoms. The van der Waals surface area contributed by atoms with E-state index in [0.717, 1.165) is 11.3 Å². The SMILES string of the molecule is Cc1ccccc1NC(=O)C=CC(=O)c1ccccc1. The molecule has 100 valence electrons. The molecule has 0 unspecified atom stereocenters. The second-order valence-corrected chi connectivity index (χ2v) is 4.37. The van der Waals surface area contributed by atoms with Gasteiger partial charge in [-0.1, -0.05) is 48.5 Å². The maximum Gasteiger partial charge on any atom is 0.248 e. The van der Waals surface area contributed by atoms with Crippen LogP contribution in [0.15, 0.2) is 66.7 Å². The lowest BCUT2D eigenvalue weighted by molar-refractivity contribution is -0.111. The molecule has 0 aliphatic heterocycles. The first-order chi connectivity index (χ1) is 9.66. The predicted molar refractivity (Wildman–Crippen MR) is 79.7 cm³/mol. The van der Waals surface area contributed by atoms with Crippen LogP contribution in [0.25, 0.3) is 0 Å². The molecule has 3 nitrogen and oxygen atoms in total. The highest BCUT2D eigenvalue weighted by Crippen LogP contribution is 2.12. The van der Waals surface area contributed by atoms with Crippen LogP contribution < -0.4 is 5.32 Å². The van der Waals surface area contributed by atoms with Crippen LogP contribution in [-0.2, 0) is 4.79 Å². The fourth-order valence-corrected chi connectivity index (χ4v) is 1.74. The Morgan fingerprint density at radius 2 is 1.55 bits per heavy atom. The smallest absolute Gasteiger partial charge is 0.248 e. The minimum Gasteiger partial charge on any atom is -0.322 e. The van der Waals surface area contributed by atoms with Gasteiger partial charge in [0.1, 0.15) is 0 Å². The van der Waals surface area contributed by atoms with Crippen molar-refractivity contribution in [1.29, 1.82) is 0 Å². The number of hydrogen-bond acceptors (Lipinski definition) is 2. The summed E-state index contributed by atoms with van der Waals surface area (Å²) < 4.78 is 0. The summed E-state index contributed by atoms with van der Waals surface area (Å²) in [6.07, 6.45) is 2.53. The second-order valence-electron chi connectivity index (χ2n) is 4.37. The van der Waals surface area contributed by atoms with E-state index in [1.165, 1.54) is 12.2 Å². The maximum absolute atomic E-state index is 11.8. The summed E-state index contributed by atoms with van der Waals surface area (Å²) in [6, 6.07) is 16.3. The Kier molecular flexibility index (Phi) is 4.45. The molecule has 0 spiro atoms. The molecule has 0 aromatic heterocycles. The third kappa shape index (κ3) is 3.65. The molecule has 0 radical (unpaired) electrons. The minimum atomic E-state index is -0.316. The lowest BCUT2D eigenvalue weighted by atomic mass is 10.1. The van der Waals surface area contributed by atoms with E-state index in [1.54, 1.807) is 24.3 Å². The summed E-state index contributed by atoms with van der Waals surface area (Å²) in [4.78, 5) is 23.6. The molecule has 0 atom stereocenters. The molecule has 3 heteroatoms. The molecule has 0 aliphatic carbocycles. The van der Waals surface area contributed by atoms with Crippen LogP contribution in [0.2, 0.25) is 0 Å². The van der Waals surface area contributed by atoms with Crippen molar-refractivity contribution in [2.75, 3.05) is 5.32 Å². The Labute approximate surface area is 117 Å². The number of nitrogens with one attached hydrogen (secondary N) is 1. The van der Waals surface area contributed by atoms with E-state index in [2.05, 4.69) is 5.32 Å². The van der Waals surface area contributed by atoms with Crippen molar-refractivity contribution in [2.24, 2.45) is 0 Å². The van der Waals surface area contributed by atoms with E-state index in [9.17, 15) is 9.59 Å². The lowest BCUT2D eigenvalue weighted by Crippen LogP contribution is -2.09. The van der Waals surface area contributed by atoms with E-state index in [4.69, 9.17) is 0 Å². The molecule has 1 amide bonds. The van der Waals surface area contributed by atoms with Gasteiger partial charge >= 0.3 is 0 Å². The van der Waals surface area contributed by atoms with E-state index in [0.29, 0.717) is 5.56 Å². The highest BCUT2D eigenvalue weighted by molar-refractivity contribution is 6.09. The third-order valence-corrected chi connectivity index (χ3v) is 2.85. The first-order valence-electron chi connectivity index (χ1n) is 6.31. The van der Waals surface area contributed by atoms with Gasteiger partial charge < -0.3 is 5.32 Å². The van der Waals surface area contributed by atoms with Crippen molar-refractivity contribution in [2.45, 2.75) is 6.92 Å². The molecular formula is C17H15NO2. The topological polar surface area (TPSA) is 46.2 Å². The van der Waals surface area contributed by atoms with Crippen molar-refractivity contribution in [3.63, 3.8) is 0 Å². The lowest BCUT2D eigenvalue weighted by Gasteiger charge is -2.05. The molecule has 1 N–H and O–H groups in total. The van der Waals surface area contributed by atoms with Gasteiger partial charge in [-0.05, 0) is 24.6 Å². The summed E-state index contributed by atoms with van der Waals surface area (Å²) in [5, 5.41) is 2.74. The standard InChI is InChI=1S/C17H15NO2/c1-13-7-5-6-10-15(13)18-17(20)12-11-16(19)14-8-3-2-4-9-14/h2-12H,1H3,(H,18,20). The number of hydrogen-bond donors (Lipinski definition) is 1. The molecule has 0 aliphatic rings. The van der Waals surface area contributed by atoms with Crippen LogP contribution in [0.1, 0.15) is 15.9 Å². The molecule has 0 saturated heterocycles. The maximum atomic E-state index is 11.8.